The molecule has 0 aromatic heterocycles. The van der Waals surface area contributed by atoms with Crippen LogP contribution in [0.4, 0.5) is 5.69 Å². The maximum absolute atomic E-state index is 14.0. The Balaban J connectivity index is 1.33. The summed E-state index contributed by atoms with van der Waals surface area (Å²) in [6.07, 6.45) is 8.49. The Morgan fingerprint density at radius 3 is 2.34 bits per heavy atom. The second kappa shape index (κ2) is 8.92. The van der Waals surface area contributed by atoms with E-state index < -0.39 is 0 Å². The maximum Gasteiger partial charge on any atom is 0.231 e. The predicted octanol–water partition coefficient (Wildman–Crippen LogP) is 3.21. The van der Waals surface area contributed by atoms with Gasteiger partial charge in [-0.3, -0.25) is 14.5 Å². The van der Waals surface area contributed by atoms with Crippen LogP contribution in [0, 0.1) is 29.1 Å². The number of carbonyl (C=O) groups is 2. The van der Waals surface area contributed by atoms with Crippen LogP contribution >= 0.6 is 15.9 Å². The lowest BCUT2D eigenvalue weighted by molar-refractivity contribution is -0.132. The zero-order chi connectivity index (χ0) is 22.3. The number of allylic oxidation sites excluding steroid dienone is 2. The average Bonchev–Trinajstić information content (AvgIpc) is 3.47. The number of hydrogen-bond donors (Lipinski definition) is 1. The summed E-state index contributed by atoms with van der Waals surface area (Å²) >= 11 is 3.49. The Hall–Kier alpha value is -1.70. The van der Waals surface area contributed by atoms with Gasteiger partial charge < -0.3 is 15.4 Å². The van der Waals surface area contributed by atoms with Gasteiger partial charge in [0.1, 0.15) is 0 Å². The molecule has 0 radical (unpaired) electrons. The quantitative estimate of drug-likeness (QED) is 0.438. The molecule has 32 heavy (non-hydrogen) atoms. The van der Waals surface area contributed by atoms with E-state index in [9.17, 15) is 9.59 Å². The summed E-state index contributed by atoms with van der Waals surface area (Å²) < 4.78 is 6.42. The van der Waals surface area contributed by atoms with Crippen molar-refractivity contribution in [3.8, 4) is 0 Å². The third-order valence-corrected chi connectivity index (χ3v) is 8.60. The lowest BCUT2D eigenvalue weighted by Gasteiger charge is -2.32. The molecule has 1 aromatic rings. The molecule has 4 aliphatic rings. The van der Waals surface area contributed by atoms with E-state index in [1.165, 1.54) is 0 Å². The summed E-state index contributed by atoms with van der Waals surface area (Å²) in [5.41, 5.74) is 6.86. The summed E-state index contributed by atoms with van der Waals surface area (Å²) in [4.78, 5) is 30.8. The molecule has 2 bridgehead atoms. The maximum atomic E-state index is 14.0. The number of primary amides is 1. The topological polar surface area (TPSA) is 75.9 Å². The fourth-order valence-electron chi connectivity index (χ4n) is 6.32. The lowest BCUT2D eigenvalue weighted by Crippen LogP contribution is -2.45. The van der Waals surface area contributed by atoms with Crippen LogP contribution in [0.2, 0.25) is 0 Å². The molecule has 6 nitrogen and oxygen atoms in total. The monoisotopic (exact) mass is 501 g/mol. The number of amides is 2. The van der Waals surface area contributed by atoms with Crippen LogP contribution in [-0.4, -0.2) is 56.1 Å². The molecule has 2 N–H and O–H groups in total. The van der Waals surface area contributed by atoms with Crippen molar-refractivity contribution in [1.29, 1.82) is 0 Å². The van der Waals surface area contributed by atoms with Gasteiger partial charge in [-0.15, -0.1) is 0 Å². The highest BCUT2D eigenvalue weighted by atomic mass is 79.9. The van der Waals surface area contributed by atoms with E-state index in [1.807, 2.05) is 29.2 Å². The Morgan fingerprint density at radius 1 is 1.06 bits per heavy atom. The molecule has 3 fully saturated rings. The molecular formula is C25H32BrN3O3. The first-order valence-corrected chi connectivity index (χ1v) is 12.7. The Morgan fingerprint density at radius 2 is 1.72 bits per heavy atom. The van der Waals surface area contributed by atoms with Gasteiger partial charge in [0.25, 0.3) is 0 Å². The number of carbonyl (C=O) groups excluding carboxylic acids is 2. The van der Waals surface area contributed by atoms with E-state index in [-0.39, 0.29) is 40.9 Å². The molecule has 7 heteroatoms. The van der Waals surface area contributed by atoms with Gasteiger partial charge in [-0.05, 0) is 73.7 Å². The number of nitrogens with two attached hydrogens (primary N) is 1. The largest absolute Gasteiger partial charge is 0.379 e. The molecular weight excluding hydrogens is 470 g/mol. The Kier molecular flexibility index (Phi) is 6.16. The summed E-state index contributed by atoms with van der Waals surface area (Å²) in [7, 11) is 0. The third-order valence-electron chi connectivity index (χ3n) is 8.07. The minimum atomic E-state index is -0.383. The summed E-state index contributed by atoms with van der Waals surface area (Å²) in [6, 6.07) is 7.91. The lowest BCUT2D eigenvalue weighted by atomic mass is 9.81. The van der Waals surface area contributed by atoms with E-state index in [0.29, 0.717) is 6.54 Å². The first-order valence-electron chi connectivity index (χ1n) is 11.9. The fourth-order valence-corrected chi connectivity index (χ4v) is 6.58. The summed E-state index contributed by atoms with van der Waals surface area (Å²) in [6.45, 7) is 5.25. The van der Waals surface area contributed by atoms with Crippen molar-refractivity contribution in [1.82, 2.24) is 4.90 Å². The van der Waals surface area contributed by atoms with Gasteiger partial charge in [0.2, 0.25) is 11.8 Å². The zero-order valence-electron chi connectivity index (χ0n) is 18.4. The first kappa shape index (κ1) is 22.1. The molecule has 1 saturated heterocycles. The molecule has 1 heterocycles. The average molecular weight is 502 g/mol. The minimum absolute atomic E-state index is 0.0608. The molecule has 1 aromatic carbocycles. The second-order valence-electron chi connectivity index (χ2n) is 9.75. The molecule has 2 saturated carbocycles. The molecule has 1 spiro atoms. The van der Waals surface area contributed by atoms with Crippen LogP contribution in [-0.2, 0) is 14.3 Å². The predicted molar refractivity (Wildman–Crippen MR) is 127 cm³/mol. The molecule has 0 unspecified atom stereocenters. The van der Waals surface area contributed by atoms with Gasteiger partial charge in [-0.2, -0.15) is 0 Å². The van der Waals surface area contributed by atoms with Gasteiger partial charge in [0.05, 0.1) is 25.0 Å². The number of hydrogen-bond acceptors (Lipinski definition) is 4. The third kappa shape index (κ3) is 3.93. The number of rotatable bonds is 8. The number of unbranched alkanes of at least 4 members (excludes halogenated alkanes) is 1. The second-order valence-corrected chi connectivity index (χ2v) is 10.7. The van der Waals surface area contributed by atoms with Crippen molar-refractivity contribution < 1.29 is 14.3 Å². The highest BCUT2D eigenvalue weighted by molar-refractivity contribution is 9.10. The van der Waals surface area contributed by atoms with Gasteiger partial charge in [-0.25, -0.2) is 0 Å². The van der Waals surface area contributed by atoms with Crippen molar-refractivity contribution in [3.63, 3.8) is 0 Å². The highest BCUT2D eigenvalue weighted by Crippen LogP contribution is 2.72. The van der Waals surface area contributed by atoms with E-state index >= 15 is 0 Å². The van der Waals surface area contributed by atoms with Gasteiger partial charge in [0.15, 0.2) is 0 Å². The van der Waals surface area contributed by atoms with Crippen LogP contribution in [0.1, 0.15) is 25.7 Å². The van der Waals surface area contributed by atoms with E-state index in [2.05, 4.69) is 33.0 Å². The normalized spacial score (nSPS) is 30.0. The smallest absolute Gasteiger partial charge is 0.231 e. The van der Waals surface area contributed by atoms with Gasteiger partial charge >= 0.3 is 0 Å². The van der Waals surface area contributed by atoms with Crippen LogP contribution in [0.3, 0.4) is 0 Å². The zero-order valence-corrected chi connectivity index (χ0v) is 20.0. The highest BCUT2D eigenvalue weighted by Gasteiger charge is 2.69. The van der Waals surface area contributed by atoms with Crippen LogP contribution in [0.15, 0.2) is 40.9 Å². The van der Waals surface area contributed by atoms with Crippen molar-refractivity contribution >= 4 is 33.4 Å². The standard InChI is InChI=1S/C25H32BrN3O3/c26-17-3-5-18(6-4-17)29(12-2-1-11-28-13-15-32-16-14-28)24(31)22-20-8-7-19(21(22)23(27)30)25(20)9-10-25/h3-8,19-22H,1-2,9-16H2,(H2,27,30)/t19-,20+,21-,22-/m1/s1. The minimum Gasteiger partial charge on any atom is -0.379 e. The van der Waals surface area contributed by atoms with Gasteiger partial charge in [0, 0.05) is 29.8 Å². The number of ether oxygens (including phenoxy) is 1. The molecule has 172 valence electrons. The van der Waals surface area contributed by atoms with Crippen molar-refractivity contribution in [2.24, 2.45) is 34.8 Å². The Labute approximate surface area is 198 Å². The SMILES string of the molecule is NC(=O)[C@H]1[C@H](C(=O)N(CCCCN2CCOCC2)c2ccc(Br)cc2)[C@@H]2C=C[C@H]1C21CC1. The van der Waals surface area contributed by atoms with Crippen LogP contribution < -0.4 is 10.6 Å². The molecule has 1 aliphatic heterocycles. The van der Waals surface area contributed by atoms with Crippen molar-refractivity contribution in [2.75, 3.05) is 44.3 Å². The number of halogens is 1. The van der Waals surface area contributed by atoms with E-state index in [1.54, 1.807) is 0 Å². The number of benzene rings is 1. The van der Waals surface area contributed by atoms with Crippen LogP contribution in [0.25, 0.3) is 0 Å². The molecule has 3 aliphatic carbocycles. The Bertz CT molecular complexity index is 892. The van der Waals surface area contributed by atoms with Gasteiger partial charge in [-0.1, -0.05) is 28.1 Å². The number of anilines is 1. The fraction of sp³-hybridized carbons (Fsp3) is 0.600. The molecule has 4 atom stereocenters. The van der Waals surface area contributed by atoms with E-state index in [0.717, 1.165) is 68.7 Å². The summed E-state index contributed by atoms with van der Waals surface area (Å²) in [5.74, 6) is -0.713. The van der Waals surface area contributed by atoms with Crippen molar-refractivity contribution in [2.45, 2.75) is 25.7 Å². The first-order chi connectivity index (χ1) is 15.5. The number of morpholine rings is 1. The van der Waals surface area contributed by atoms with Crippen LogP contribution in [0.5, 0.6) is 0 Å². The molecule has 2 amide bonds. The number of nitrogens with zero attached hydrogens (tertiary/aromatic N) is 2. The van der Waals surface area contributed by atoms with E-state index in [4.69, 9.17) is 10.5 Å². The molecule has 5 rings (SSSR count). The van der Waals surface area contributed by atoms with Crippen molar-refractivity contribution in [3.05, 3.63) is 40.9 Å². The summed E-state index contributed by atoms with van der Waals surface area (Å²) in [5, 5.41) is 0.